The molecule has 0 aliphatic heterocycles. The second kappa shape index (κ2) is 5.84. The zero-order valence-corrected chi connectivity index (χ0v) is 12.7. The molecule has 0 spiro atoms. The van der Waals surface area contributed by atoms with Gasteiger partial charge in [0.1, 0.15) is 5.82 Å². The Bertz CT molecular complexity index is 645. The van der Waals surface area contributed by atoms with Crippen LogP contribution in [0.4, 0.5) is 5.82 Å². The SMILES string of the molecule is CC1CCC(N(C)c2nc3ccccc3cc2C=O)CC1. The van der Waals surface area contributed by atoms with E-state index in [2.05, 4.69) is 18.9 Å². The minimum Gasteiger partial charge on any atom is -0.356 e. The van der Waals surface area contributed by atoms with Gasteiger partial charge in [-0.05, 0) is 43.7 Å². The Hall–Kier alpha value is -1.90. The van der Waals surface area contributed by atoms with Gasteiger partial charge in [0.25, 0.3) is 0 Å². The molecule has 0 saturated heterocycles. The molecule has 3 heteroatoms. The molecule has 1 heterocycles. The molecule has 3 nitrogen and oxygen atoms in total. The number of rotatable bonds is 3. The van der Waals surface area contributed by atoms with Gasteiger partial charge >= 0.3 is 0 Å². The maximum atomic E-state index is 11.4. The van der Waals surface area contributed by atoms with Gasteiger partial charge < -0.3 is 4.90 Å². The molecule has 1 aliphatic rings. The first-order chi connectivity index (χ1) is 10.2. The van der Waals surface area contributed by atoms with Crippen molar-refractivity contribution in [3.63, 3.8) is 0 Å². The lowest BCUT2D eigenvalue weighted by Gasteiger charge is -2.35. The van der Waals surface area contributed by atoms with Gasteiger partial charge in [-0.1, -0.05) is 25.1 Å². The van der Waals surface area contributed by atoms with E-state index in [0.717, 1.165) is 28.9 Å². The van der Waals surface area contributed by atoms with E-state index in [0.29, 0.717) is 11.6 Å². The number of aldehydes is 1. The highest BCUT2D eigenvalue weighted by molar-refractivity contribution is 5.91. The molecule has 2 aromatic rings. The molecule has 1 aromatic heterocycles. The number of benzene rings is 1. The molecule has 0 unspecified atom stereocenters. The van der Waals surface area contributed by atoms with Crippen LogP contribution in [0.5, 0.6) is 0 Å². The van der Waals surface area contributed by atoms with Crippen LogP contribution in [-0.4, -0.2) is 24.4 Å². The van der Waals surface area contributed by atoms with Crippen LogP contribution in [0.1, 0.15) is 43.0 Å². The molecule has 0 bridgehead atoms. The number of fused-ring (bicyclic) bond motifs is 1. The summed E-state index contributed by atoms with van der Waals surface area (Å²) < 4.78 is 0. The lowest BCUT2D eigenvalue weighted by molar-refractivity contribution is 0.112. The molecule has 110 valence electrons. The van der Waals surface area contributed by atoms with E-state index >= 15 is 0 Å². The third kappa shape index (κ3) is 2.78. The lowest BCUT2D eigenvalue weighted by atomic mass is 9.86. The highest BCUT2D eigenvalue weighted by atomic mass is 16.1. The number of anilines is 1. The molecule has 1 fully saturated rings. The number of nitrogens with zero attached hydrogens (tertiary/aromatic N) is 2. The van der Waals surface area contributed by atoms with Crippen LogP contribution in [0, 0.1) is 5.92 Å². The van der Waals surface area contributed by atoms with Gasteiger partial charge in [0.2, 0.25) is 0 Å². The Kier molecular flexibility index (Phi) is 3.91. The second-order valence-corrected chi connectivity index (χ2v) is 6.24. The van der Waals surface area contributed by atoms with Crippen LogP contribution in [0.15, 0.2) is 30.3 Å². The Balaban J connectivity index is 1.96. The molecule has 1 saturated carbocycles. The molecule has 21 heavy (non-hydrogen) atoms. The molecule has 3 rings (SSSR count). The summed E-state index contributed by atoms with van der Waals surface area (Å²) in [6.07, 6.45) is 5.82. The van der Waals surface area contributed by atoms with Crippen LogP contribution >= 0.6 is 0 Å². The maximum Gasteiger partial charge on any atom is 0.153 e. The van der Waals surface area contributed by atoms with E-state index in [4.69, 9.17) is 4.98 Å². The Morgan fingerprint density at radius 3 is 2.62 bits per heavy atom. The van der Waals surface area contributed by atoms with E-state index in [1.165, 1.54) is 25.7 Å². The van der Waals surface area contributed by atoms with Gasteiger partial charge in [0.15, 0.2) is 6.29 Å². The highest BCUT2D eigenvalue weighted by Gasteiger charge is 2.24. The van der Waals surface area contributed by atoms with Crippen molar-refractivity contribution in [3.8, 4) is 0 Å². The molecule has 0 radical (unpaired) electrons. The molecule has 1 aromatic carbocycles. The molecular formula is C18H22N2O. The average molecular weight is 282 g/mol. The zero-order chi connectivity index (χ0) is 14.8. The van der Waals surface area contributed by atoms with Gasteiger partial charge in [0, 0.05) is 18.5 Å². The van der Waals surface area contributed by atoms with Crippen molar-refractivity contribution in [1.82, 2.24) is 4.98 Å². The number of hydrogen-bond acceptors (Lipinski definition) is 3. The largest absolute Gasteiger partial charge is 0.356 e. The Labute approximate surface area is 126 Å². The topological polar surface area (TPSA) is 33.2 Å². The van der Waals surface area contributed by atoms with E-state index in [9.17, 15) is 4.79 Å². The van der Waals surface area contributed by atoms with E-state index < -0.39 is 0 Å². The summed E-state index contributed by atoms with van der Waals surface area (Å²) in [6.45, 7) is 2.32. The van der Waals surface area contributed by atoms with E-state index in [1.807, 2.05) is 30.3 Å². The van der Waals surface area contributed by atoms with E-state index in [1.54, 1.807) is 0 Å². The highest BCUT2D eigenvalue weighted by Crippen LogP contribution is 2.30. The Morgan fingerprint density at radius 2 is 1.90 bits per heavy atom. The maximum absolute atomic E-state index is 11.4. The fourth-order valence-electron chi connectivity index (χ4n) is 3.29. The molecule has 0 N–H and O–H groups in total. The fraction of sp³-hybridized carbons (Fsp3) is 0.444. The summed E-state index contributed by atoms with van der Waals surface area (Å²) in [6, 6.07) is 10.4. The minimum atomic E-state index is 0.494. The summed E-state index contributed by atoms with van der Waals surface area (Å²) in [5.41, 5.74) is 1.64. The summed E-state index contributed by atoms with van der Waals surface area (Å²) in [4.78, 5) is 18.4. The lowest BCUT2D eigenvalue weighted by Crippen LogP contribution is -2.36. The van der Waals surface area contributed by atoms with Crippen molar-refractivity contribution < 1.29 is 4.79 Å². The third-order valence-corrected chi connectivity index (χ3v) is 4.73. The molecular weight excluding hydrogens is 260 g/mol. The number of carbonyl (C=O) groups is 1. The summed E-state index contributed by atoms with van der Waals surface area (Å²) in [5.74, 6) is 1.65. The fourth-order valence-corrected chi connectivity index (χ4v) is 3.29. The summed E-state index contributed by atoms with van der Waals surface area (Å²) >= 11 is 0. The zero-order valence-electron chi connectivity index (χ0n) is 12.7. The van der Waals surface area contributed by atoms with E-state index in [-0.39, 0.29) is 0 Å². The minimum absolute atomic E-state index is 0.494. The van der Waals surface area contributed by atoms with Crippen LogP contribution in [-0.2, 0) is 0 Å². The van der Waals surface area contributed by atoms with Crippen LogP contribution in [0.3, 0.4) is 0 Å². The molecule has 0 amide bonds. The Morgan fingerprint density at radius 1 is 1.19 bits per heavy atom. The van der Waals surface area contributed by atoms with Crippen molar-refractivity contribution in [1.29, 1.82) is 0 Å². The van der Waals surface area contributed by atoms with Gasteiger partial charge in [-0.2, -0.15) is 0 Å². The molecule has 0 atom stereocenters. The number of aromatic nitrogens is 1. The predicted molar refractivity (Wildman–Crippen MR) is 87.0 cm³/mol. The smallest absolute Gasteiger partial charge is 0.153 e. The van der Waals surface area contributed by atoms with Gasteiger partial charge in [-0.15, -0.1) is 0 Å². The second-order valence-electron chi connectivity index (χ2n) is 6.24. The number of para-hydroxylation sites is 1. The van der Waals surface area contributed by atoms with Crippen LogP contribution in [0.25, 0.3) is 10.9 Å². The van der Waals surface area contributed by atoms with Gasteiger partial charge in [-0.25, -0.2) is 4.98 Å². The number of pyridine rings is 1. The third-order valence-electron chi connectivity index (χ3n) is 4.73. The van der Waals surface area contributed by atoms with Crippen molar-refractivity contribution in [3.05, 3.63) is 35.9 Å². The molecule has 1 aliphatic carbocycles. The van der Waals surface area contributed by atoms with Gasteiger partial charge in [0.05, 0.1) is 11.1 Å². The monoisotopic (exact) mass is 282 g/mol. The predicted octanol–water partition coefficient (Wildman–Crippen LogP) is 4.06. The van der Waals surface area contributed by atoms with Crippen LogP contribution in [0.2, 0.25) is 0 Å². The summed E-state index contributed by atoms with van der Waals surface area (Å²) in [7, 11) is 2.07. The standard InChI is InChI=1S/C18H22N2O/c1-13-7-9-16(10-8-13)20(2)18-15(12-21)11-14-5-3-4-6-17(14)19-18/h3-6,11-13,16H,7-10H2,1-2H3. The quantitative estimate of drug-likeness (QED) is 0.796. The number of hydrogen-bond donors (Lipinski definition) is 0. The van der Waals surface area contributed by atoms with Gasteiger partial charge in [-0.3, -0.25) is 4.79 Å². The summed E-state index contributed by atoms with van der Waals surface area (Å²) in [5, 5.41) is 1.02. The average Bonchev–Trinajstić information content (AvgIpc) is 2.53. The van der Waals surface area contributed by atoms with Crippen molar-refractivity contribution in [2.24, 2.45) is 5.92 Å². The van der Waals surface area contributed by atoms with Crippen molar-refractivity contribution in [2.45, 2.75) is 38.6 Å². The van der Waals surface area contributed by atoms with Crippen molar-refractivity contribution in [2.75, 3.05) is 11.9 Å². The first kappa shape index (κ1) is 14.1. The normalized spacial score (nSPS) is 22.2. The first-order valence-corrected chi connectivity index (χ1v) is 7.77. The van der Waals surface area contributed by atoms with Crippen molar-refractivity contribution >= 4 is 23.0 Å². The number of carbonyl (C=O) groups excluding carboxylic acids is 1. The van der Waals surface area contributed by atoms with Crippen LogP contribution < -0.4 is 4.90 Å². The first-order valence-electron chi connectivity index (χ1n) is 7.77.